The van der Waals surface area contributed by atoms with Crippen LogP contribution in [0.2, 0.25) is 0 Å². The Morgan fingerprint density at radius 1 is 1.47 bits per heavy atom. The first-order valence-electron chi connectivity index (χ1n) is 6.37. The van der Waals surface area contributed by atoms with E-state index in [9.17, 15) is 9.59 Å². The summed E-state index contributed by atoms with van der Waals surface area (Å²) in [5.74, 6) is -0.125. The number of carbonyl (C=O) groups is 2. The second-order valence-electron chi connectivity index (χ2n) is 4.56. The van der Waals surface area contributed by atoms with E-state index in [1.807, 2.05) is 25.1 Å². The Balaban J connectivity index is 1.79. The molecule has 1 heterocycles. The quantitative estimate of drug-likeness (QED) is 0.863. The summed E-state index contributed by atoms with van der Waals surface area (Å²) in [6, 6.07) is 7.43. The van der Waals surface area contributed by atoms with Crippen molar-refractivity contribution >= 4 is 11.8 Å². The van der Waals surface area contributed by atoms with Gasteiger partial charge in [-0.25, -0.2) is 0 Å². The number of nitrogens with zero attached hydrogens (tertiary/aromatic N) is 1. The van der Waals surface area contributed by atoms with Gasteiger partial charge < -0.3 is 15.0 Å². The molecule has 2 amide bonds. The van der Waals surface area contributed by atoms with E-state index in [2.05, 4.69) is 5.32 Å². The van der Waals surface area contributed by atoms with E-state index >= 15 is 0 Å². The lowest BCUT2D eigenvalue weighted by Gasteiger charge is -2.26. The highest BCUT2D eigenvalue weighted by Crippen LogP contribution is 2.03. The van der Waals surface area contributed by atoms with Crippen molar-refractivity contribution in [1.29, 1.82) is 0 Å². The van der Waals surface area contributed by atoms with Gasteiger partial charge in [-0.1, -0.05) is 17.7 Å². The highest BCUT2D eigenvalue weighted by Gasteiger charge is 2.17. The van der Waals surface area contributed by atoms with Gasteiger partial charge in [-0.15, -0.1) is 0 Å². The fraction of sp³-hybridized carbons (Fsp3) is 0.429. The molecule has 5 heteroatoms. The highest BCUT2D eigenvalue weighted by molar-refractivity contribution is 5.94. The van der Waals surface area contributed by atoms with Crippen LogP contribution < -0.4 is 5.32 Å². The van der Waals surface area contributed by atoms with Gasteiger partial charge >= 0.3 is 0 Å². The average Bonchev–Trinajstić information content (AvgIpc) is 2.41. The van der Waals surface area contributed by atoms with Gasteiger partial charge in [0.25, 0.3) is 5.91 Å². The summed E-state index contributed by atoms with van der Waals surface area (Å²) in [7, 11) is 0. The number of carbonyl (C=O) groups excluding carboxylic acids is 2. The molecule has 0 aliphatic carbocycles. The summed E-state index contributed by atoms with van der Waals surface area (Å²) in [6.07, 6.45) is 0. The van der Waals surface area contributed by atoms with E-state index in [-0.39, 0.29) is 18.4 Å². The van der Waals surface area contributed by atoms with E-state index in [1.165, 1.54) is 0 Å². The fourth-order valence-corrected chi connectivity index (χ4v) is 1.98. The van der Waals surface area contributed by atoms with Crippen LogP contribution in [0.4, 0.5) is 0 Å². The maximum Gasteiger partial charge on any atom is 0.251 e. The summed E-state index contributed by atoms with van der Waals surface area (Å²) < 4.78 is 5.04. The van der Waals surface area contributed by atoms with E-state index in [4.69, 9.17) is 4.74 Å². The number of hydrogen-bond acceptors (Lipinski definition) is 3. The number of ether oxygens (including phenoxy) is 1. The third kappa shape index (κ3) is 3.79. The molecule has 102 valence electrons. The lowest BCUT2D eigenvalue weighted by molar-refractivity contribution is -0.142. The van der Waals surface area contributed by atoms with Crippen molar-refractivity contribution in [2.24, 2.45) is 0 Å². The van der Waals surface area contributed by atoms with Gasteiger partial charge in [0.1, 0.15) is 6.61 Å². The monoisotopic (exact) mass is 262 g/mol. The Bertz CT molecular complexity index is 474. The molecule has 0 saturated carbocycles. The Kier molecular flexibility index (Phi) is 4.52. The van der Waals surface area contributed by atoms with Crippen molar-refractivity contribution in [3.8, 4) is 0 Å². The Morgan fingerprint density at radius 3 is 3.05 bits per heavy atom. The Morgan fingerprint density at radius 2 is 2.32 bits per heavy atom. The SMILES string of the molecule is Cc1cccc(C(=O)NCCN2CCOCC2=O)c1. The molecule has 1 fully saturated rings. The third-order valence-electron chi connectivity index (χ3n) is 3.03. The fourth-order valence-electron chi connectivity index (χ4n) is 1.98. The Hall–Kier alpha value is -1.88. The van der Waals surface area contributed by atoms with Crippen LogP contribution in [0, 0.1) is 6.92 Å². The number of amides is 2. The molecule has 1 N–H and O–H groups in total. The second-order valence-corrected chi connectivity index (χ2v) is 4.56. The summed E-state index contributed by atoms with van der Waals surface area (Å²) in [5.41, 5.74) is 1.70. The predicted molar refractivity (Wildman–Crippen MR) is 70.9 cm³/mol. The zero-order chi connectivity index (χ0) is 13.7. The number of hydrogen-bond donors (Lipinski definition) is 1. The van der Waals surface area contributed by atoms with E-state index in [0.29, 0.717) is 31.8 Å². The van der Waals surface area contributed by atoms with Gasteiger partial charge in [0.2, 0.25) is 5.91 Å². The van der Waals surface area contributed by atoms with Crippen LogP contribution in [0.3, 0.4) is 0 Å². The summed E-state index contributed by atoms with van der Waals surface area (Å²) >= 11 is 0. The third-order valence-corrected chi connectivity index (χ3v) is 3.03. The zero-order valence-electron chi connectivity index (χ0n) is 11.0. The molecule has 0 aromatic heterocycles. The molecule has 5 nitrogen and oxygen atoms in total. The maximum atomic E-state index is 11.9. The first kappa shape index (κ1) is 13.5. The van der Waals surface area contributed by atoms with E-state index in [1.54, 1.807) is 11.0 Å². The molecular formula is C14H18N2O3. The lowest BCUT2D eigenvalue weighted by atomic mass is 10.1. The van der Waals surface area contributed by atoms with Crippen molar-refractivity contribution in [3.63, 3.8) is 0 Å². The molecule has 0 bridgehead atoms. The van der Waals surface area contributed by atoms with Crippen LogP contribution in [-0.4, -0.2) is 49.6 Å². The van der Waals surface area contributed by atoms with E-state index < -0.39 is 0 Å². The first-order valence-corrected chi connectivity index (χ1v) is 6.37. The van der Waals surface area contributed by atoms with Crippen LogP contribution in [0.5, 0.6) is 0 Å². The number of benzene rings is 1. The molecule has 2 rings (SSSR count). The standard InChI is InChI=1S/C14H18N2O3/c1-11-3-2-4-12(9-11)14(18)15-5-6-16-7-8-19-10-13(16)17/h2-4,9H,5-8,10H2,1H3,(H,15,18). The topological polar surface area (TPSA) is 58.6 Å². The Labute approximate surface area is 112 Å². The van der Waals surface area contributed by atoms with Gasteiger partial charge in [0.15, 0.2) is 0 Å². The molecule has 1 aliphatic heterocycles. The number of aryl methyl sites for hydroxylation is 1. The van der Waals surface area contributed by atoms with Gasteiger partial charge in [0.05, 0.1) is 6.61 Å². The van der Waals surface area contributed by atoms with Crippen molar-refractivity contribution in [1.82, 2.24) is 10.2 Å². The van der Waals surface area contributed by atoms with Crippen LogP contribution in [0.25, 0.3) is 0 Å². The molecule has 1 aromatic carbocycles. The molecular weight excluding hydrogens is 244 g/mol. The minimum atomic E-state index is -0.107. The number of rotatable bonds is 4. The number of morpholine rings is 1. The van der Waals surface area contributed by atoms with Gasteiger partial charge in [-0.2, -0.15) is 0 Å². The van der Waals surface area contributed by atoms with Crippen LogP contribution in [0.1, 0.15) is 15.9 Å². The normalized spacial score (nSPS) is 15.4. The van der Waals surface area contributed by atoms with Gasteiger partial charge in [-0.3, -0.25) is 9.59 Å². The molecule has 1 saturated heterocycles. The van der Waals surface area contributed by atoms with E-state index in [0.717, 1.165) is 5.56 Å². The minimum Gasteiger partial charge on any atom is -0.370 e. The average molecular weight is 262 g/mol. The smallest absolute Gasteiger partial charge is 0.251 e. The summed E-state index contributed by atoms with van der Waals surface area (Å²) in [5, 5.41) is 2.82. The molecule has 0 spiro atoms. The molecule has 19 heavy (non-hydrogen) atoms. The van der Waals surface area contributed by atoms with Gasteiger partial charge in [-0.05, 0) is 19.1 Å². The van der Waals surface area contributed by atoms with Crippen molar-refractivity contribution in [2.45, 2.75) is 6.92 Å². The zero-order valence-corrected chi connectivity index (χ0v) is 11.0. The summed E-state index contributed by atoms with van der Waals surface area (Å²) in [4.78, 5) is 25.1. The van der Waals surface area contributed by atoms with Crippen molar-refractivity contribution < 1.29 is 14.3 Å². The molecule has 1 aromatic rings. The lowest BCUT2D eigenvalue weighted by Crippen LogP contribution is -2.45. The molecule has 0 unspecified atom stereocenters. The van der Waals surface area contributed by atoms with Crippen molar-refractivity contribution in [2.75, 3.05) is 32.8 Å². The van der Waals surface area contributed by atoms with Crippen LogP contribution >= 0.6 is 0 Å². The minimum absolute atomic E-state index is 0.0175. The van der Waals surface area contributed by atoms with Crippen LogP contribution in [0.15, 0.2) is 24.3 Å². The molecule has 1 aliphatic rings. The first-order chi connectivity index (χ1) is 9.16. The molecule has 0 radical (unpaired) electrons. The van der Waals surface area contributed by atoms with Crippen LogP contribution in [-0.2, 0) is 9.53 Å². The largest absolute Gasteiger partial charge is 0.370 e. The molecule has 0 atom stereocenters. The maximum absolute atomic E-state index is 11.9. The summed E-state index contributed by atoms with van der Waals surface area (Å²) in [6.45, 7) is 4.24. The van der Waals surface area contributed by atoms with Crippen molar-refractivity contribution in [3.05, 3.63) is 35.4 Å². The second kappa shape index (κ2) is 6.33. The predicted octanol–water partition coefficient (Wildman–Crippen LogP) is 0.584. The number of nitrogens with one attached hydrogen (secondary N) is 1. The highest BCUT2D eigenvalue weighted by atomic mass is 16.5. The van der Waals surface area contributed by atoms with Gasteiger partial charge in [0, 0.05) is 25.2 Å².